The Balaban J connectivity index is 1.59. The first-order valence-corrected chi connectivity index (χ1v) is 10.5. The number of methoxy groups -OCH3 is 1. The minimum atomic E-state index is -3.81. The van der Waals surface area contributed by atoms with E-state index in [9.17, 15) is 8.42 Å². The lowest BCUT2D eigenvalue weighted by molar-refractivity contribution is 0.414. The Hall–Kier alpha value is -3.38. The Morgan fingerprint density at radius 1 is 1.28 bits per heavy atom. The minimum Gasteiger partial charge on any atom is -0.497 e. The van der Waals surface area contributed by atoms with Gasteiger partial charge in [-0.3, -0.25) is 0 Å². The van der Waals surface area contributed by atoms with Crippen molar-refractivity contribution in [3.8, 4) is 17.2 Å². The maximum Gasteiger partial charge on any atom is 0.283 e. The molecule has 0 radical (unpaired) electrons. The highest BCUT2D eigenvalue weighted by atomic mass is 32.2. The van der Waals surface area contributed by atoms with Crippen LogP contribution in [0.2, 0.25) is 0 Å². The van der Waals surface area contributed by atoms with Gasteiger partial charge in [-0.1, -0.05) is 0 Å². The van der Waals surface area contributed by atoms with Gasteiger partial charge >= 0.3 is 0 Å². The molecule has 10 nitrogen and oxygen atoms in total. The molecule has 0 spiro atoms. The lowest BCUT2D eigenvalue weighted by Gasteiger charge is -2.01. The molecule has 0 amide bonds. The van der Waals surface area contributed by atoms with Crippen LogP contribution in [-0.4, -0.2) is 32.8 Å². The molecule has 1 aromatic carbocycles. The van der Waals surface area contributed by atoms with E-state index < -0.39 is 10.0 Å². The van der Waals surface area contributed by atoms with Crippen LogP contribution in [0, 0.1) is 0 Å². The van der Waals surface area contributed by atoms with Crippen LogP contribution in [0.4, 0.5) is 5.13 Å². The summed E-state index contributed by atoms with van der Waals surface area (Å²) in [5.41, 5.74) is 11.2. The minimum absolute atomic E-state index is 0.0664. The fourth-order valence-electron chi connectivity index (χ4n) is 2.21. The number of guanidine groups is 1. The van der Waals surface area contributed by atoms with Crippen LogP contribution in [0.5, 0.6) is 5.75 Å². The molecule has 0 unspecified atom stereocenters. The van der Waals surface area contributed by atoms with E-state index in [0.717, 1.165) is 6.34 Å². The van der Waals surface area contributed by atoms with Gasteiger partial charge in [-0.05, 0) is 36.4 Å². The normalized spacial score (nSPS) is 11.5. The Morgan fingerprint density at radius 3 is 2.72 bits per heavy atom. The largest absolute Gasteiger partial charge is 0.497 e. The molecule has 0 fully saturated rings. The van der Waals surface area contributed by atoms with E-state index >= 15 is 0 Å². The van der Waals surface area contributed by atoms with Gasteiger partial charge in [0.05, 0.1) is 18.6 Å². The Morgan fingerprint density at radius 2 is 2.03 bits per heavy atom. The summed E-state index contributed by atoms with van der Waals surface area (Å²) in [4.78, 5) is 8.19. The molecule has 3 aromatic rings. The first-order chi connectivity index (χ1) is 13.9. The molecule has 0 saturated heterocycles. The van der Waals surface area contributed by atoms with Crippen LogP contribution < -0.4 is 21.5 Å². The number of nitrogens with zero attached hydrogens (tertiary/aromatic N) is 3. The first-order valence-electron chi connectivity index (χ1n) is 8.18. The smallest absolute Gasteiger partial charge is 0.283 e. The number of aliphatic imine (C=N–C) groups is 1. The van der Waals surface area contributed by atoms with Gasteiger partial charge in [0.15, 0.2) is 11.7 Å². The summed E-state index contributed by atoms with van der Waals surface area (Å²) in [5.74, 6) is 1.60. The number of ether oxygens (including phenoxy) is 1. The standard InChI is InChI=1S/C17H18N6O4S2/c1-26-11-2-5-13(6-3-11)29(24,25)21-10-20-8-12-4-7-15(27-12)14-9-28-17(22-14)23-16(18)19/h2-7,9-10H,8H2,1H3,(H,20,21)(H4,18,19,22,23). The summed E-state index contributed by atoms with van der Waals surface area (Å²) in [6.45, 7) is 0.243. The second-order valence-corrected chi connectivity index (χ2v) is 8.05. The molecule has 0 bridgehead atoms. The number of hydrogen-bond donors (Lipinski definition) is 3. The highest BCUT2D eigenvalue weighted by Gasteiger charge is 2.12. The van der Waals surface area contributed by atoms with Crippen LogP contribution in [0.25, 0.3) is 11.5 Å². The van der Waals surface area contributed by atoms with E-state index in [2.05, 4.69) is 19.7 Å². The number of hydrogen-bond acceptors (Lipinski definition) is 7. The third-order valence-corrected chi connectivity index (χ3v) is 5.53. The third-order valence-electron chi connectivity index (χ3n) is 3.55. The third kappa shape index (κ3) is 5.33. The van der Waals surface area contributed by atoms with Crippen LogP contribution >= 0.6 is 11.3 Å². The molecular weight excluding hydrogens is 416 g/mol. The van der Waals surface area contributed by atoms with E-state index in [1.54, 1.807) is 29.6 Å². The van der Waals surface area contributed by atoms with Gasteiger partial charge in [-0.25, -0.2) is 4.98 Å². The Labute approximate surface area is 171 Å². The van der Waals surface area contributed by atoms with Crippen LogP contribution in [-0.2, 0) is 16.6 Å². The summed E-state index contributed by atoms with van der Waals surface area (Å²) in [6.07, 6.45) is 1.11. The van der Waals surface area contributed by atoms with Gasteiger partial charge in [0.1, 0.15) is 23.5 Å². The number of nitrogens with one attached hydrogen (secondary N) is 1. The summed E-state index contributed by atoms with van der Waals surface area (Å²) >= 11 is 1.28. The van der Waals surface area contributed by atoms with Gasteiger partial charge in [-0.2, -0.15) is 13.4 Å². The molecule has 5 N–H and O–H groups in total. The molecule has 0 atom stereocenters. The van der Waals surface area contributed by atoms with Crippen LogP contribution in [0.3, 0.4) is 0 Å². The van der Waals surface area contributed by atoms with Crippen molar-refractivity contribution in [1.29, 1.82) is 0 Å². The molecule has 29 heavy (non-hydrogen) atoms. The summed E-state index contributed by atoms with van der Waals surface area (Å²) in [6, 6.07) is 9.45. The number of nitrogens with two attached hydrogens (primary N) is 2. The van der Waals surface area contributed by atoms with Crippen molar-refractivity contribution >= 4 is 38.8 Å². The fourth-order valence-corrected chi connectivity index (χ4v) is 3.72. The van der Waals surface area contributed by atoms with Gasteiger partial charge in [0.2, 0.25) is 5.13 Å². The van der Waals surface area contributed by atoms with Crippen molar-refractivity contribution in [3.05, 3.63) is 47.5 Å². The second kappa shape index (κ2) is 8.75. The predicted octanol–water partition coefficient (Wildman–Crippen LogP) is 1.82. The SMILES string of the molecule is COc1ccc(S(=O)(=O)N=CNCc2ccc(-c3csc(N=C(N)N)n3)o2)cc1. The molecule has 2 aromatic heterocycles. The highest BCUT2D eigenvalue weighted by molar-refractivity contribution is 7.90. The molecule has 0 aliphatic rings. The van der Waals surface area contributed by atoms with Crippen LogP contribution in [0.1, 0.15) is 5.76 Å². The number of benzene rings is 1. The Kier molecular flexibility index (Phi) is 6.14. The van der Waals surface area contributed by atoms with Gasteiger partial charge in [-0.15, -0.1) is 15.7 Å². The molecule has 12 heteroatoms. The maximum absolute atomic E-state index is 12.2. The van der Waals surface area contributed by atoms with Crippen molar-refractivity contribution in [2.75, 3.05) is 7.11 Å². The van der Waals surface area contributed by atoms with Crippen molar-refractivity contribution in [2.24, 2.45) is 20.9 Å². The summed E-state index contributed by atoms with van der Waals surface area (Å²) < 4.78 is 38.6. The Bertz CT molecular complexity index is 1130. The van der Waals surface area contributed by atoms with Gasteiger partial charge < -0.3 is 25.9 Å². The van der Waals surface area contributed by atoms with E-state index in [0.29, 0.717) is 28.1 Å². The van der Waals surface area contributed by atoms with E-state index in [1.165, 1.54) is 30.6 Å². The molecule has 0 aliphatic heterocycles. The number of rotatable bonds is 8. The summed E-state index contributed by atoms with van der Waals surface area (Å²) in [7, 11) is -2.30. The maximum atomic E-state index is 12.2. The van der Waals surface area contributed by atoms with Crippen molar-refractivity contribution < 1.29 is 17.6 Å². The zero-order valence-electron chi connectivity index (χ0n) is 15.3. The van der Waals surface area contributed by atoms with Crippen molar-refractivity contribution in [2.45, 2.75) is 11.4 Å². The first kappa shape index (κ1) is 20.4. The lowest BCUT2D eigenvalue weighted by Crippen LogP contribution is -2.21. The molecule has 2 heterocycles. The molecular formula is C17H18N6O4S2. The molecule has 3 rings (SSSR count). The fraction of sp³-hybridized carbons (Fsp3) is 0.118. The summed E-state index contributed by atoms with van der Waals surface area (Å²) in [5, 5.41) is 4.97. The number of aromatic nitrogens is 1. The van der Waals surface area contributed by atoms with E-state index in [1.807, 2.05) is 0 Å². The number of sulfonamides is 1. The van der Waals surface area contributed by atoms with Gasteiger partial charge in [0, 0.05) is 5.38 Å². The average Bonchev–Trinajstić information content (AvgIpc) is 3.34. The monoisotopic (exact) mass is 434 g/mol. The molecule has 0 aliphatic carbocycles. The predicted molar refractivity (Wildman–Crippen MR) is 111 cm³/mol. The lowest BCUT2D eigenvalue weighted by atomic mass is 10.3. The molecule has 0 saturated carbocycles. The quantitative estimate of drug-likeness (QED) is 0.358. The van der Waals surface area contributed by atoms with Crippen molar-refractivity contribution in [1.82, 2.24) is 10.3 Å². The second-order valence-electron chi connectivity index (χ2n) is 5.58. The number of thiazole rings is 1. The molecule has 152 valence electrons. The van der Waals surface area contributed by atoms with E-state index in [4.69, 9.17) is 20.6 Å². The number of furan rings is 1. The van der Waals surface area contributed by atoms with Crippen molar-refractivity contribution in [3.63, 3.8) is 0 Å². The average molecular weight is 435 g/mol. The topological polar surface area (TPSA) is 158 Å². The van der Waals surface area contributed by atoms with Crippen LogP contribution in [0.15, 0.2) is 60.5 Å². The highest BCUT2D eigenvalue weighted by Crippen LogP contribution is 2.28. The zero-order chi connectivity index (χ0) is 20.9. The van der Waals surface area contributed by atoms with Gasteiger partial charge in [0.25, 0.3) is 10.0 Å². The zero-order valence-corrected chi connectivity index (χ0v) is 16.9. The van der Waals surface area contributed by atoms with E-state index in [-0.39, 0.29) is 17.4 Å².